The molecule has 1 aliphatic heterocycles. The van der Waals surface area contributed by atoms with Gasteiger partial charge in [0, 0.05) is 11.4 Å². The van der Waals surface area contributed by atoms with Gasteiger partial charge in [0.05, 0.1) is 19.4 Å². The molecular formula is C20H19NO4S. The van der Waals surface area contributed by atoms with Gasteiger partial charge in [0.2, 0.25) is 0 Å². The summed E-state index contributed by atoms with van der Waals surface area (Å²) in [5.41, 5.74) is 1.16. The van der Waals surface area contributed by atoms with E-state index in [2.05, 4.69) is 11.4 Å². The van der Waals surface area contributed by atoms with Crippen molar-refractivity contribution < 1.29 is 18.7 Å². The van der Waals surface area contributed by atoms with Crippen molar-refractivity contribution in [3.63, 3.8) is 0 Å². The second kappa shape index (κ2) is 7.25. The Labute approximate surface area is 155 Å². The molecule has 0 aliphatic carbocycles. The van der Waals surface area contributed by atoms with Crippen LogP contribution in [0.4, 0.5) is 0 Å². The van der Waals surface area contributed by atoms with E-state index in [9.17, 15) is 4.79 Å². The molecule has 0 N–H and O–H groups in total. The first-order valence-corrected chi connectivity index (χ1v) is 9.32. The van der Waals surface area contributed by atoms with Crippen molar-refractivity contribution in [2.75, 3.05) is 20.3 Å². The van der Waals surface area contributed by atoms with Crippen LogP contribution in [-0.4, -0.2) is 31.1 Å². The highest BCUT2D eigenvalue weighted by Gasteiger charge is 2.33. The average Bonchev–Trinajstić information content (AvgIpc) is 3.37. The predicted octanol–water partition coefficient (Wildman–Crippen LogP) is 4.17. The van der Waals surface area contributed by atoms with E-state index < -0.39 is 0 Å². The SMILES string of the molecule is COc1ccc(OCC2c3ccsc3CCN2C(=O)c2ccco2)cc1. The number of ether oxygens (including phenoxy) is 2. The molecule has 6 heteroatoms. The van der Waals surface area contributed by atoms with Gasteiger partial charge >= 0.3 is 0 Å². The van der Waals surface area contributed by atoms with Crippen molar-refractivity contribution in [1.29, 1.82) is 0 Å². The molecule has 0 saturated carbocycles. The van der Waals surface area contributed by atoms with Crippen LogP contribution in [0.25, 0.3) is 0 Å². The number of fused-ring (bicyclic) bond motifs is 1. The lowest BCUT2D eigenvalue weighted by Crippen LogP contribution is -2.41. The molecule has 0 bridgehead atoms. The van der Waals surface area contributed by atoms with E-state index in [0.29, 0.717) is 18.9 Å². The molecule has 0 saturated heterocycles. The number of nitrogens with zero attached hydrogens (tertiary/aromatic N) is 1. The minimum atomic E-state index is -0.135. The summed E-state index contributed by atoms with van der Waals surface area (Å²) >= 11 is 1.73. The Bertz CT molecular complexity index is 870. The Kier molecular flexibility index (Phi) is 4.67. The highest BCUT2D eigenvalue weighted by atomic mass is 32.1. The number of benzene rings is 1. The number of thiophene rings is 1. The van der Waals surface area contributed by atoms with Crippen LogP contribution < -0.4 is 9.47 Å². The number of rotatable bonds is 5. The molecule has 2 aromatic heterocycles. The Balaban J connectivity index is 1.55. The van der Waals surface area contributed by atoms with E-state index in [-0.39, 0.29) is 11.9 Å². The zero-order valence-electron chi connectivity index (χ0n) is 14.4. The number of methoxy groups -OCH3 is 1. The molecule has 1 atom stereocenters. The van der Waals surface area contributed by atoms with E-state index in [1.54, 1.807) is 30.6 Å². The topological polar surface area (TPSA) is 51.9 Å². The van der Waals surface area contributed by atoms with Gasteiger partial charge < -0.3 is 18.8 Å². The first-order valence-electron chi connectivity index (χ1n) is 8.44. The first kappa shape index (κ1) is 16.7. The lowest BCUT2D eigenvalue weighted by Gasteiger charge is -2.35. The van der Waals surface area contributed by atoms with Gasteiger partial charge in [0.1, 0.15) is 18.1 Å². The van der Waals surface area contributed by atoms with Crippen molar-refractivity contribution in [2.24, 2.45) is 0 Å². The second-order valence-corrected chi connectivity index (χ2v) is 7.03. The first-order chi connectivity index (χ1) is 12.8. The van der Waals surface area contributed by atoms with Crippen molar-refractivity contribution in [3.8, 4) is 11.5 Å². The van der Waals surface area contributed by atoms with Gasteiger partial charge in [-0.05, 0) is 59.8 Å². The summed E-state index contributed by atoms with van der Waals surface area (Å²) in [5, 5.41) is 2.08. The lowest BCUT2D eigenvalue weighted by atomic mass is 10.00. The summed E-state index contributed by atoms with van der Waals surface area (Å²) in [5.74, 6) is 1.79. The van der Waals surface area contributed by atoms with Gasteiger partial charge in [0.15, 0.2) is 5.76 Å². The summed E-state index contributed by atoms with van der Waals surface area (Å²) in [6, 6.07) is 12.8. The maximum atomic E-state index is 12.9. The zero-order valence-corrected chi connectivity index (χ0v) is 15.2. The minimum Gasteiger partial charge on any atom is -0.497 e. The summed E-state index contributed by atoms with van der Waals surface area (Å²) in [6.45, 7) is 1.05. The second-order valence-electron chi connectivity index (χ2n) is 6.03. The van der Waals surface area contributed by atoms with Crippen LogP contribution in [-0.2, 0) is 6.42 Å². The number of furan rings is 1. The van der Waals surface area contributed by atoms with Crippen LogP contribution in [0.15, 0.2) is 58.5 Å². The monoisotopic (exact) mass is 369 g/mol. The Hall–Kier alpha value is -2.73. The molecule has 1 aliphatic rings. The molecule has 1 aromatic carbocycles. The van der Waals surface area contributed by atoms with Crippen LogP contribution >= 0.6 is 11.3 Å². The maximum Gasteiger partial charge on any atom is 0.290 e. The van der Waals surface area contributed by atoms with Gasteiger partial charge in [-0.25, -0.2) is 0 Å². The van der Waals surface area contributed by atoms with Gasteiger partial charge in [0.25, 0.3) is 5.91 Å². The van der Waals surface area contributed by atoms with Crippen molar-refractivity contribution >= 4 is 17.2 Å². The molecule has 26 heavy (non-hydrogen) atoms. The number of carbonyl (C=O) groups is 1. The van der Waals surface area contributed by atoms with Crippen molar-refractivity contribution in [2.45, 2.75) is 12.5 Å². The normalized spacial score (nSPS) is 16.2. The number of hydrogen-bond donors (Lipinski definition) is 0. The van der Waals surface area contributed by atoms with Crippen LogP contribution in [0.3, 0.4) is 0 Å². The molecule has 134 valence electrons. The molecule has 4 rings (SSSR count). The smallest absolute Gasteiger partial charge is 0.290 e. The van der Waals surface area contributed by atoms with Crippen LogP contribution in [0.1, 0.15) is 27.0 Å². The Morgan fingerprint density at radius 2 is 2.04 bits per heavy atom. The fraction of sp³-hybridized carbons (Fsp3) is 0.250. The Morgan fingerprint density at radius 3 is 2.77 bits per heavy atom. The van der Waals surface area contributed by atoms with E-state index in [4.69, 9.17) is 13.9 Å². The molecule has 1 amide bonds. The van der Waals surface area contributed by atoms with Crippen LogP contribution in [0, 0.1) is 0 Å². The lowest BCUT2D eigenvalue weighted by molar-refractivity contribution is 0.0561. The van der Waals surface area contributed by atoms with Gasteiger partial charge in [-0.2, -0.15) is 0 Å². The molecular weight excluding hydrogens is 350 g/mol. The molecule has 0 fully saturated rings. The molecule has 3 heterocycles. The molecule has 0 radical (unpaired) electrons. The van der Waals surface area contributed by atoms with Crippen molar-refractivity contribution in [3.05, 3.63) is 70.3 Å². The third kappa shape index (κ3) is 3.20. The maximum absolute atomic E-state index is 12.9. The summed E-state index contributed by atoms with van der Waals surface area (Å²) in [6.07, 6.45) is 2.38. The van der Waals surface area contributed by atoms with Gasteiger partial charge in [-0.15, -0.1) is 11.3 Å². The van der Waals surface area contributed by atoms with E-state index >= 15 is 0 Å². The largest absolute Gasteiger partial charge is 0.497 e. The Morgan fingerprint density at radius 1 is 1.23 bits per heavy atom. The summed E-state index contributed by atoms with van der Waals surface area (Å²) < 4.78 is 16.5. The molecule has 1 unspecified atom stereocenters. The van der Waals surface area contributed by atoms with E-state index in [1.165, 1.54) is 11.1 Å². The van der Waals surface area contributed by atoms with E-state index in [0.717, 1.165) is 23.5 Å². The average molecular weight is 369 g/mol. The van der Waals surface area contributed by atoms with Gasteiger partial charge in [-0.3, -0.25) is 4.79 Å². The third-order valence-corrected chi connectivity index (χ3v) is 5.55. The number of hydrogen-bond acceptors (Lipinski definition) is 5. The van der Waals surface area contributed by atoms with Gasteiger partial charge in [-0.1, -0.05) is 0 Å². The quantitative estimate of drug-likeness (QED) is 0.677. The van der Waals surface area contributed by atoms with Crippen LogP contribution in [0.2, 0.25) is 0 Å². The van der Waals surface area contributed by atoms with Crippen molar-refractivity contribution in [1.82, 2.24) is 4.90 Å². The molecule has 3 aromatic rings. The van der Waals surface area contributed by atoms with Crippen LogP contribution in [0.5, 0.6) is 11.5 Å². The summed E-state index contributed by atoms with van der Waals surface area (Å²) in [4.78, 5) is 16.0. The summed E-state index contributed by atoms with van der Waals surface area (Å²) in [7, 11) is 1.63. The molecule has 5 nitrogen and oxygen atoms in total. The number of carbonyl (C=O) groups excluding carboxylic acids is 1. The predicted molar refractivity (Wildman–Crippen MR) is 99.0 cm³/mol. The highest BCUT2D eigenvalue weighted by molar-refractivity contribution is 7.10. The fourth-order valence-electron chi connectivity index (χ4n) is 3.21. The highest BCUT2D eigenvalue weighted by Crippen LogP contribution is 2.34. The minimum absolute atomic E-state index is 0.102. The zero-order chi connectivity index (χ0) is 17.9. The fourth-order valence-corrected chi connectivity index (χ4v) is 4.14. The molecule has 0 spiro atoms. The third-order valence-electron chi connectivity index (χ3n) is 4.55. The number of amides is 1. The van der Waals surface area contributed by atoms with E-state index in [1.807, 2.05) is 29.2 Å². The standard InChI is InChI=1S/C20H19NO4S/c1-23-14-4-6-15(7-5-14)25-13-17-16-9-12-26-19(16)8-10-21(17)20(22)18-3-2-11-24-18/h2-7,9,11-12,17H,8,10,13H2,1H3.